The lowest BCUT2D eigenvalue weighted by Gasteiger charge is -2.57. The summed E-state index contributed by atoms with van der Waals surface area (Å²) in [5.74, 6) is 1.92. The van der Waals surface area contributed by atoms with Crippen LogP contribution in [-0.4, -0.2) is 11.1 Å². The molecule has 7 rings (SSSR count). The minimum atomic E-state index is -0.939. The number of halogens is 1. The topological polar surface area (TPSA) is 61.4 Å². The van der Waals surface area contributed by atoms with Gasteiger partial charge in [-0.15, -0.1) is 0 Å². The molecule has 0 amide bonds. The molecule has 4 saturated carbocycles. The van der Waals surface area contributed by atoms with Gasteiger partial charge in [0.05, 0.1) is 11.3 Å². The fourth-order valence-electron chi connectivity index (χ4n) is 7.21. The van der Waals surface area contributed by atoms with Gasteiger partial charge in [-0.3, -0.25) is 0 Å². The first kappa shape index (κ1) is 22.0. The standard InChI is InChI=1S/C29H29IN2O2/c30-22-12-24(14-25(13-22)32-27-4-2-1-3-26(27)28(33)34)31-23-7-5-21(6-8-23)29-15-18-9-19(16-29)11-20(10-18)17-29/h1-8,12-14,18-20,31-32H,9-11,15-17H2,(H,33,34). The number of hydrogen-bond acceptors (Lipinski definition) is 3. The maximum Gasteiger partial charge on any atom is 0.337 e. The number of anilines is 4. The average molecular weight is 564 g/mol. The normalized spacial score (nSPS) is 26.9. The molecule has 0 radical (unpaired) electrons. The molecule has 3 aromatic carbocycles. The van der Waals surface area contributed by atoms with E-state index in [0.29, 0.717) is 11.1 Å². The first-order valence-corrected chi connectivity index (χ1v) is 13.3. The Morgan fingerprint density at radius 1 is 0.794 bits per heavy atom. The van der Waals surface area contributed by atoms with Gasteiger partial charge in [-0.2, -0.15) is 0 Å². The Hall–Kier alpha value is -2.54. The summed E-state index contributed by atoms with van der Waals surface area (Å²) in [4.78, 5) is 11.6. The molecule has 4 bridgehead atoms. The van der Waals surface area contributed by atoms with Crippen LogP contribution in [0.1, 0.15) is 54.4 Å². The van der Waals surface area contributed by atoms with E-state index < -0.39 is 5.97 Å². The van der Waals surface area contributed by atoms with Crippen molar-refractivity contribution in [3.8, 4) is 0 Å². The van der Waals surface area contributed by atoms with Crippen LogP contribution in [0.15, 0.2) is 66.7 Å². The highest BCUT2D eigenvalue weighted by Gasteiger charge is 2.51. The maximum absolute atomic E-state index is 11.6. The third kappa shape index (κ3) is 4.19. The van der Waals surface area contributed by atoms with Crippen molar-refractivity contribution >= 4 is 51.3 Å². The van der Waals surface area contributed by atoms with Crippen molar-refractivity contribution in [1.82, 2.24) is 0 Å². The Morgan fingerprint density at radius 3 is 2.00 bits per heavy atom. The summed E-state index contributed by atoms with van der Waals surface area (Å²) in [7, 11) is 0. The summed E-state index contributed by atoms with van der Waals surface area (Å²) in [6.45, 7) is 0. The van der Waals surface area contributed by atoms with Crippen LogP contribution in [0.3, 0.4) is 0 Å². The van der Waals surface area contributed by atoms with Crippen molar-refractivity contribution in [1.29, 1.82) is 0 Å². The van der Waals surface area contributed by atoms with Gasteiger partial charge < -0.3 is 15.7 Å². The highest BCUT2D eigenvalue weighted by atomic mass is 127. The highest BCUT2D eigenvalue weighted by molar-refractivity contribution is 14.1. The summed E-state index contributed by atoms with van der Waals surface area (Å²) in [6, 6.07) is 22.3. The second-order valence-electron chi connectivity index (χ2n) is 10.6. The lowest BCUT2D eigenvalue weighted by Crippen LogP contribution is -2.48. The number of hydrogen-bond donors (Lipinski definition) is 3. The van der Waals surface area contributed by atoms with Crippen molar-refractivity contribution in [3.05, 3.63) is 81.4 Å². The fraction of sp³-hybridized carbons (Fsp3) is 0.345. The van der Waals surface area contributed by atoms with E-state index in [-0.39, 0.29) is 5.56 Å². The van der Waals surface area contributed by atoms with Gasteiger partial charge in [-0.05, 0) is 132 Å². The van der Waals surface area contributed by atoms with Crippen LogP contribution in [0, 0.1) is 21.3 Å². The van der Waals surface area contributed by atoms with Crippen LogP contribution >= 0.6 is 22.6 Å². The van der Waals surface area contributed by atoms with Gasteiger partial charge >= 0.3 is 5.97 Å². The molecule has 0 spiro atoms. The quantitative estimate of drug-likeness (QED) is 0.266. The summed E-state index contributed by atoms with van der Waals surface area (Å²) in [5.41, 5.74) is 5.71. The summed E-state index contributed by atoms with van der Waals surface area (Å²) in [5, 5.41) is 16.3. The molecule has 0 atom stereocenters. The minimum absolute atomic E-state index is 0.260. The summed E-state index contributed by atoms with van der Waals surface area (Å²) >= 11 is 2.30. The first-order chi connectivity index (χ1) is 16.5. The van der Waals surface area contributed by atoms with Gasteiger partial charge in [0.2, 0.25) is 0 Å². The van der Waals surface area contributed by atoms with Crippen molar-refractivity contribution < 1.29 is 9.90 Å². The van der Waals surface area contributed by atoms with Crippen LogP contribution in [0.4, 0.5) is 22.7 Å². The largest absolute Gasteiger partial charge is 0.478 e. The SMILES string of the molecule is O=C(O)c1ccccc1Nc1cc(I)cc(Nc2ccc(C34CC5CC(CC(C5)C3)C4)cc2)c1. The van der Waals surface area contributed by atoms with E-state index in [1.54, 1.807) is 18.2 Å². The lowest BCUT2D eigenvalue weighted by atomic mass is 9.48. The molecule has 4 aliphatic rings. The number of carboxylic acids is 1. The fourth-order valence-corrected chi connectivity index (χ4v) is 7.88. The molecule has 0 saturated heterocycles. The van der Waals surface area contributed by atoms with E-state index in [1.807, 2.05) is 18.2 Å². The molecule has 3 aromatic rings. The molecule has 0 aromatic heterocycles. The van der Waals surface area contributed by atoms with E-state index in [2.05, 4.69) is 63.6 Å². The number of rotatable bonds is 6. The maximum atomic E-state index is 11.6. The van der Waals surface area contributed by atoms with E-state index >= 15 is 0 Å². The van der Waals surface area contributed by atoms with E-state index in [1.165, 1.54) is 44.1 Å². The van der Waals surface area contributed by atoms with Crippen LogP contribution in [-0.2, 0) is 5.41 Å². The van der Waals surface area contributed by atoms with Gasteiger partial charge in [-0.1, -0.05) is 24.3 Å². The third-order valence-electron chi connectivity index (χ3n) is 8.16. The monoisotopic (exact) mass is 564 g/mol. The molecular weight excluding hydrogens is 535 g/mol. The van der Waals surface area contributed by atoms with Crippen LogP contribution in [0.5, 0.6) is 0 Å². The van der Waals surface area contributed by atoms with E-state index in [0.717, 1.165) is 38.4 Å². The van der Waals surface area contributed by atoms with Gasteiger partial charge in [-0.25, -0.2) is 4.79 Å². The average Bonchev–Trinajstić information content (AvgIpc) is 2.78. The minimum Gasteiger partial charge on any atom is -0.478 e. The predicted octanol–water partition coefficient (Wildman–Crippen LogP) is 7.94. The number of nitrogens with one attached hydrogen (secondary N) is 2. The highest BCUT2D eigenvalue weighted by Crippen LogP contribution is 2.60. The van der Waals surface area contributed by atoms with Gasteiger partial charge in [0, 0.05) is 20.6 Å². The number of carbonyl (C=O) groups is 1. The van der Waals surface area contributed by atoms with Crippen LogP contribution in [0.2, 0.25) is 0 Å². The number of aromatic carboxylic acids is 1. The molecule has 5 heteroatoms. The van der Waals surface area contributed by atoms with Crippen LogP contribution < -0.4 is 10.6 Å². The zero-order valence-electron chi connectivity index (χ0n) is 19.1. The van der Waals surface area contributed by atoms with Crippen LogP contribution in [0.25, 0.3) is 0 Å². The molecule has 4 nitrogen and oxygen atoms in total. The lowest BCUT2D eigenvalue weighted by molar-refractivity contribution is -0.00518. The molecular formula is C29H29IN2O2. The van der Waals surface area contributed by atoms with Gasteiger partial charge in [0.1, 0.15) is 0 Å². The van der Waals surface area contributed by atoms with Crippen molar-refractivity contribution in [2.75, 3.05) is 10.6 Å². The Balaban J connectivity index is 1.21. The number of benzene rings is 3. The summed E-state index contributed by atoms with van der Waals surface area (Å²) in [6.07, 6.45) is 8.57. The zero-order valence-corrected chi connectivity index (χ0v) is 21.2. The Labute approximate surface area is 214 Å². The van der Waals surface area contributed by atoms with E-state index in [4.69, 9.17) is 0 Å². The molecule has 34 heavy (non-hydrogen) atoms. The molecule has 174 valence electrons. The van der Waals surface area contributed by atoms with Crippen molar-refractivity contribution in [3.63, 3.8) is 0 Å². The van der Waals surface area contributed by atoms with Crippen molar-refractivity contribution in [2.24, 2.45) is 17.8 Å². The number of para-hydroxylation sites is 1. The molecule has 0 heterocycles. The molecule has 3 N–H and O–H groups in total. The Morgan fingerprint density at radius 2 is 1.38 bits per heavy atom. The van der Waals surface area contributed by atoms with Gasteiger partial charge in [0.15, 0.2) is 0 Å². The summed E-state index contributed by atoms with van der Waals surface area (Å²) < 4.78 is 1.07. The second kappa shape index (κ2) is 8.59. The van der Waals surface area contributed by atoms with E-state index in [9.17, 15) is 9.90 Å². The molecule has 0 aliphatic heterocycles. The Bertz CT molecular complexity index is 1200. The second-order valence-corrected chi connectivity index (χ2v) is 11.9. The van der Waals surface area contributed by atoms with Gasteiger partial charge in [0.25, 0.3) is 0 Å². The predicted molar refractivity (Wildman–Crippen MR) is 145 cm³/mol. The zero-order chi connectivity index (χ0) is 23.3. The molecule has 4 aliphatic carbocycles. The first-order valence-electron chi connectivity index (χ1n) is 12.2. The third-order valence-corrected chi connectivity index (χ3v) is 8.78. The number of carboxylic acid groups (broad SMARTS) is 1. The smallest absolute Gasteiger partial charge is 0.337 e. The van der Waals surface area contributed by atoms with Crippen molar-refractivity contribution in [2.45, 2.75) is 43.9 Å². The molecule has 0 unspecified atom stereocenters. The molecule has 4 fully saturated rings. The Kier molecular flexibility index (Phi) is 5.55.